The molecule has 0 aliphatic rings. The van der Waals surface area contributed by atoms with Crippen molar-refractivity contribution in [1.82, 2.24) is 4.68 Å². The summed E-state index contributed by atoms with van der Waals surface area (Å²) in [5.41, 5.74) is 9.95. The lowest BCUT2D eigenvalue weighted by molar-refractivity contribution is 0.888. The van der Waals surface area contributed by atoms with Crippen molar-refractivity contribution in [1.29, 1.82) is 5.41 Å². The first-order valence-corrected chi connectivity index (χ1v) is 3.37. The third-order valence-electron chi connectivity index (χ3n) is 1.50. The van der Waals surface area contributed by atoms with Crippen LogP contribution in [0.2, 0.25) is 0 Å². The molecule has 0 atom stereocenters. The van der Waals surface area contributed by atoms with Gasteiger partial charge in [0.05, 0.1) is 0 Å². The Kier molecular flexibility index (Phi) is 1.85. The van der Waals surface area contributed by atoms with Gasteiger partial charge in [0.1, 0.15) is 0 Å². The van der Waals surface area contributed by atoms with Crippen molar-refractivity contribution in [3.05, 3.63) is 23.5 Å². The molecule has 0 saturated carbocycles. The van der Waals surface area contributed by atoms with E-state index in [-0.39, 0.29) is 5.96 Å². The van der Waals surface area contributed by atoms with Gasteiger partial charge < -0.3 is 5.73 Å². The summed E-state index contributed by atoms with van der Waals surface area (Å²) in [7, 11) is 0. The molecule has 0 saturated heterocycles. The zero-order valence-electron chi connectivity index (χ0n) is 6.68. The van der Waals surface area contributed by atoms with Crippen molar-refractivity contribution < 1.29 is 0 Å². The van der Waals surface area contributed by atoms with Crippen LogP contribution in [0.15, 0.2) is 12.1 Å². The first-order valence-electron chi connectivity index (χ1n) is 3.37. The molecule has 0 fully saturated rings. The van der Waals surface area contributed by atoms with Gasteiger partial charge in [-0.05, 0) is 26.0 Å². The number of hydrogen-bond donors (Lipinski definition) is 3. The highest BCUT2D eigenvalue weighted by atomic mass is 15.4. The van der Waals surface area contributed by atoms with Gasteiger partial charge in [-0.3, -0.25) is 15.5 Å². The highest BCUT2D eigenvalue weighted by Crippen LogP contribution is 2.02. The van der Waals surface area contributed by atoms with E-state index in [4.69, 9.17) is 11.1 Å². The Morgan fingerprint density at radius 2 is 1.91 bits per heavy atom. The third kappa shape index (κ3) is 1.52. The SMILES string of the molecule is Cc1ccc(C)n1NC(=N)N. The fraction of sp³-hybridized carbons (Fsp3) is 0.286. The van der Waals surface area contributed by atoms with Crippen molar-refractivity contribution in [2.45, 2.75) is 13.8 Å². The predicted molar refractivity (Wildman–Crippen MR) is 45.2 cm³/mol. The summed E-state index contributed by atoms with van der Waals surface area (Å²) in [5.74, 6) is -0.0487. The maximum absolute atomic E-state index is 7.01. The van der Waals surface area contributed by atoms with Crippen LogP contribution in [0.4, 0.5) is 0 Å². The summed E-state index contributed by atoms with van der Waals surface area (Å²) in [4.78, 5) is 0. The van der Waals surface area contributed by atoms with Crippen LogP contribution in [0.25, 0.3) is 0 Å². The standard InChI is InChI=1S/C7H12N4/c1-5-3-4-6(2)11(5)10-7(8)9/h3-4H,1-2H3,(H4,8,9,10). The molecule has 60 valence electrons. The molecule has 11 heavy (non-hydrogen) atoms. The van der Waals surface area contributed by atoms with Crippen molar-refractivity contribution in [2.75, 3.05) is 5.43 Å². The monoisotopic (exact) mass is 152 g/mol. The fourth-order valence-electron chi connectivity index (χ4n) is 0.965. The summed E-state index contributed by atoms with van der Waals surface area (Å²) < 4.78 is 1.77. The Hall–Kier alpha value is -1.45. The molecule has 0 aliphatic heterocycles. The quantitative estimate of drug-likeness (QED) is 0.406. The van der Waals surface area contributed by atoms with E-state index in [0.717, 1.165) is 11.4 Å². The van der Waals surface area contributed by atoms with Gasteiger partial charge in [0, 0.05) is 11.4 Å². The van der Waals surface area contributed by atoms with Crippen molar-refractivity contribution in [2.24, 2.45) is 5.73 Å². The average molecular weight is 152 g/mol. The number of aromatic nitrogens is 1. The zero-order chi connectivity index (χ0) is 8.43. The number of hydrogen-bond acceptors (Lipinski definition) is 1. The average Bonchev–Trinajstić information content (AvgIpc) is 2.18. The van der Waals surface area contributed by atoms with Crippen molar-refractivity contribution in [3.8, 4) is 0 Å². The van der Waals surface area contributed by atoms with Gasteiger partial charge in [-0.25, -0.2) is 0 Å². The van der Waals surface area contributed by atoms with Gasteiger partial charge >= 0.3 is 0 Å². The summed E-state index contributed by atoms with van der Waals surface area (Å²) in [6, 6.07) is 3.93. The van der Waals surface area contributed by atoms with Crippen LogP contribution in [0.5, 0.6) is 0 Å². The molecule has 1 rings (SSSR count). The van der Waals surface area contributed by atoms with E-state index < -0.39 is 0 Å². The number of nitrogens with one attached hydrogen (secondary N) is 2. The summed E-state index contributed by atoms with van der Waals surface area (Å²) in [6.45, 7) is 3.89. The van der Waals surface area contributed by atoms with Gasteiger partial charge in [-0.1, -0.05) is 0 Å². The third-order valence-corrected chi connectivity index (χ3v) is 1.50. The van der Waals surface area contributed by atoms with Gasteiger partial charge in [-0.15, -0.1) is 0 Å². The highest BCUT2D eigenvalue weighted by Gasteiger charge is 1.99. The molecule has 0 amide bonds. The molecule has 1 heterocycles. The fourth-order valence-corrected chi connectivity index (χ4v) is 0.965. The van der Waals surface area contributed by atoms with Crippen molar-refractivity contribution >= 4 is 5.96 Å². The van der Waals surface area contributed by atoms with E-state index in [2.05, 4.69) is 5.43 Å². The first kappa shape index (κ1) is 7.65. The molecule has 0 bridgehead atoms. The van der Waals surface area contributed by atoms with E-state index in [1.54, 1.807) is 4.68 Å². The Morgan fingerprint density at radius 1 is 1.45 bits per heavy atom. The molecule has 0 aromatic carbocycles. The van der Waals surface area contributed by atoms with Crippen molar-refractivity contribution in [3.63, 3.8) is 0 Å². The van der Waals surface area contributed by atoms with E-state index in [0.29, 0.717) is 0 Å². The van der Waals surface area contributed by atoms with Crippen LogP contribution in [-0.2, 0) is 0 Å². The van der Waals surface area contributed by atoms with Gasteiger partial charge in [0.2, 0.25) is 5.96 Å². The summed E-state index contributed by atoms with van der Waals surface area (Å²) in [6.07, 6.45) is 0. The largest absolute Gasteiger partial charge is 0.369 e. The van der Waals surface area contributed by atoms with Crippen LogP contribution in [0, 0.1) is 19.3 Å². The lowest BCUT2D eigenvalue weighted by Gasteiger charge is -2.09. The summed E-state index contributed by atoms with van der Waals surface area (Å²) >= 11 is 0. The minimum Gasteiger partial charge on any atom is -0.369 e. The molecule has 1 aromatic rings. The Bertz CT molecular complexity index is 254. The van der Waals surface area contributed by atoms with E-state index in [9.17, 15) is 0 Å². The number of nitrogens with zero attached hydrogens (tertiary/aromatic N) is 1. The Labute approximate surface area is 65.5 Å². The maximum atomic E-state index is 7.01. The van der Waals surface area contributed by atoms with Crippen LogP contribution in [-0.4, -0.2) is 10.6 Å². The predicted octanol–water partition coefficient (Wildman–Crippen LogP) is 0.542. The van der Waals surface area contributed by atoms with Crippen LogP contribution < -0.4 is 11.2 Å². The molecule has 1 aromatic heterocycles. The summed E-state index contributed by atoms with van der Waals surface area (Å²) in [5, 5.41) is 7.01. The minimum atomic E-state index is -0.0487. The maximum Gasteiger partial charge on any atom is 0.205 e. The minimum absolute atomic E-state index is 0.0487. The highest BCUT2D eigenvalue weighted by molar-refractivity contribution is 5.82. The zero-order valence-corrected chi connectivity index (χ0v) is 6.68. The second-order valence-electron chi connectivity index (χ2n) is 2.48. The molecule has 0 unspecified atom stereocenters. The molecule has 0 spiro atoms. The second kappa shape index (κ2) is 2.65. The van der Waals surface area contributed by atoms with Crippen LogP contribution in [0.1, 0.15) is 11.4 Å². The lowest BCUT2D eigenvalue weighted by Crippen LogP contribution is -2.30. The smallest absolute Gasteiger partial charge is 0.205 e. The van der Waals surface area contributed by atoms with Gasteiger partial charge in [-0.2, -0.15) is 0 Å². The normalized spacial score (nSPS) is 9.64. The van der Waals surface area contributed by atoms with Crippen LogP contribution in [0.3, 0.4) is 0 Å². The Balaban J connectivity index is 2.92. The second-order valence-corrected chi connectivity index (χ2v) is 2.48. The molecular weight excluding hydrogens is 140 g/mol. The lowest BCUT2D eigenvalue weighted by atomic mass is 10.5. The number of aryl methyl sites for hydroxylation is 2. The number of guanidine groups is 1. The van der Waals surface area contributed by atoms with Crippen LogP contribution >= 0.6 is 0 Å². The van der Waals surface area contributed by atoms with E-state index in [1.807, 2.05) is 26.0 Å². The molecule has 4 N–H and O–H groups in total. The Morgan fingerprint density at radius 3 is 2.27 bits per heavy atom. The molecular formula is C7H12N4. The van der Waals surface area contributed by atoms with E-state index in [1.165, 1.54) is 0 Å². The number of nitrogens with two attached hydrogens (primary N) is 1. The van der Waals surface area contributed by atoms with Gasteiger partial charge in [0.15, 0.2) is 0 Å². The molecule has 0 radical (unpaired) electrons. The topological polar surface area (TPSA) is 66.8 Å². The molecule has 0 aliphatic carbocycles. The number of rotatable bonds is 1. The van der Waals surface area contributed by atoms with Gasteiger partial charge in [0.25, 0.3) is 0 Å². The first-order chi connectivity index (χ1) is 5.11. The van der Waals surface area contributed by atoms with E-state index >= 15 is 0 Å². The molecule has 4 nitrogen and oxygen atoms in total. The molecule has 4 heteroatoms.